The van der Waals surface area contributed by atoms with Gasteiger partial charge in [-0.25, -0.2) is 0 Å². The summed E-state index contributed by atoms with van der Waals surface area (Å²) in [6, 6.07) is 4.47. The Bertz CT molecular complexity index is 532. The second-order valence-electron chi connectivity index (χ2n) is 5.05. The SMILES string of the molecule is COc1cc(C=O)ccc1O[C@@H]1OC(CO)[C@@H](OC)[C@H](O)C1O. The lowest BCUT2D eigenvalue weighted by Gasteiger charge is -2.41. The molecule has 8 heteroatoms. The maximum Gasteiger partial charge on any atom is 0.229 e. The monoisotopic (exact) mass is 328 g/mol. The van der Waals surface area contributed by atoms with Gasteiger partial charge in [-0.15, -0.1) is 0 Å². The van der Waals surface area contributed by atoms with E-state index in [2.05, 4.69) is 0 Å². The Labute approximate surface area is 133 Å². The number of rotatable bonds is 6. The van der Waals surface area contributed by atoms with E-state index in [1.807, 2.05) is 0 Å². The molecule has 128 valence electrons. The van der Waals surface area contributed by atoms with Crippen LogP contribution in [0.25, 0.3) is 0 Å². The predicted octanol–water partition coefficient (Wildman–Crippen LogP) is -0.660. The molecule has 3 N–H and O–H groups in total. The number of carbonyl (C=O) groups excluding carboxylic acids is 1. The van der Waals surface area contributed by atoms with Crippen molar-refractivity contribution < 1.29 is 39.1 Å². The number of hydrogen-bond donors (Lipinski definition) is 3. The van der Waals surface area contributed by atoms with Crippen molar-refractivity contribution in [1.29, 1.82) is 0 Å². The zero-order valence-electron chi connectivity index (χ0n) is 12.8. The Balaban J connectivity index is 2.20. The maximum absolute atomic E-state index is 10.8. The van der Waals surface area contributed by atoms with Crippen molar-refractivity contribution in [2.45, 2.75) is 30.7 Å². The first-order valence-corrected chi connectivity index (χ1v) is 7.00. The van der Waals surface area contributed by atoms with Gasteiger partial charge in [0.2, 0.25) is 6.29 Å². The van der Waals surface area contributed by atoms with Crippen LogP contribution in [0.4, 0.5) is 0 Å². The quantitative estimate of drug-likeness (QED) is 0.590. The summed E-state index contributed by atoms with van der Waals surface area (Å²) in [6.45, 7) is -0.413. The molecule has 0 saturated carbocycles. The minimum absolute atomic E-state index is 0.224. The van der Waals surface area contributed by atoms with Gasteiger partial charge in [0.25, 0.3) is 0 Å². The minimum Gasteiger partial charge on any atom is -0.493 e. The van der Waals surface area contributed by atoms with Crippen molar-refractivity contribution in [3.05, 3.63) is 23.8 Å². The van der Waals surface area contributed by atoms with Crippen LogP contribution in [0.5, 0.6) is 11.5 Å². The van der Waals surface area contributed by atoms with Gasteiger partial charge in [-0.2, -0.15) is 0 Å². The second-order valence-corrected chi connectivity index (χ2v) is 5.05. The summed E-state index contributed by atoms with van der Waals surface area (Å²) in [5.74, 6) is 0.496. The molecule has 0 aliphatic carbocycles. The van der Waals surface area contributed by atoms with E-state index >= 15 is 0 Å². The van der Waals surface area contributed by atoms with Crippen LogP contribution in [0.1, 0.15) is 10.4 Å². The van der Waals surface area contributed by atoms with Gasteiger partial charge in [0, 0.05) is 12.7 Å². The van der Waals surface area contributed by atoms with E-state index in [9.17, 15) is 20.1 Å². The highest BCUT2D eigenvalue weighted by Crippen LogP contribution is 2.32. The first kappa shape index (κ1) is 17.6. The zero-order chi connectivity index (χ0) is 17.0. The van der Waals surface area contributed by atoms with E-state index in [-0.39, 0.29) is 11.5 Å². The Hall–Kier alpha value is -1.71. The van der Waals surface area contributed by atoms with Gasteiger partial charge in [-0.3, -0.25) is 4.79 Å². The highest BCUT2D eigenvalue weighted by molar-refractivity contribution is 5.76. The summed E-state index contributed by atoms with van der Waals surface area (Å²) in [5.41, 5.74) is 0.395. The number of ether oxygens (including phenoxy) is 4. The number of methoxy groups -OCH3 is 2. The molecule has 1 aliphatic rings. The lowest BCUT2D eigenvalue weighted by atomic mass is 9.99. The van der Waals surface area contributed by atoms with E-state index in [1.54, 1.807) is 0 Å². The van der Waals surface area contributed by atoms with Crippen LogP contribution in [-0.2, 0) is 9.47 Å². The van der Waals surface area contributed by atoms with Gasteiger partial charge in [0.1, 0.15) is 30.7 Å². The summed E-state index contributed by atoms with van der Waals surface area (Å²) < 4.78 is 21.2. The van der Waals surface area contributed by atoms with Crippen LogP contribution in [0, 0.1) is 0 Å². The average molecular weight is 328 g/mol. The smallest absolute Gasteiger partial charge is 0.229 e. The second kappa shape index (κ2) is 7.71. The molecule has 2 rings (SSSR count). The Morgan fingerprint density at radius 2 is 1.96 bits per heavy atom. The lowest BCUT2D eigenvalue weighted by Crippen LogP contribution is -2.60. The highest BCUT2D eigenvalue weighted by Gasteiger charge is 2.46. The van der Waals surface area contributed by atoms with E-state index in [4.69, 9.17) is 18.9 Å². The molecule has 0 bridgehead atoms. The summed E-state index contributed by atoms with van der Waals surface area (Å²) in [7, 11) is 2.75. The van der Waals surface area contributed by atoms with Crippen molar-refractivity contribution in [3.8, 4) is 11.5 Å². The van der Waals surface area contributed by atoms with Gasteiger partial charge in [0.15, 0.2) is 11.5 Å². The van der Waals surface area contributed by atoms with Gasteiger partial charge < -0.3 is 34.3 Å². The first-order valence-electron chi connectivity index (χ1n) is 7.00. The number of benzene rings is 1. The molecule has 5 atom stereocenters. The highest BCUT2D eigenvalue weighted by atomic mass is 16.7. The van der Waals surface area contributed by atoms with Crippen molar-refractivity contribution in [2.75, 3.05) is 20.8 Å². The Kier molecular flexibility index (Phi) is 5.91. The fourth-order valence-electron chi connectivity index (χ4n) is 2.42. The van der Waals surface area contributed by atoms with Crippen molar-refractivity contribution in [1.82, 2.24) is 0 Å². The van der Waals surface area contributed by atoms with Crippen molar-refractivity contribution >= 4 is 6.29 Å². The molecular weight excluding hydrogens is 308 g/mol. The van der Waals surface area contributed by atoms with E-state index < -0.39 is 37.3 Å². The molecule has 1 aromatic rings. The number of carbonyl (C=O) groups is 1. The molecule has 0 spiro atoms. The predicted molar refractivity (Wildman–Crippen MR) is 77.6 cm³/mol. The largest absolute Gasteiger partial charge is 0.493 e. The maximum atomic E-state index is 10.8. The number of hydrogen-bond acceptors (Lipinski definition) is 8. The van der Waals surface area contributed by atoms with Crippen LogP contribution in [0.3, 0.4) is 0 Å². The summed E-state index contributed by atoms with van der Waals surface area (Å²) >= 11 is 0. The van der Waals surface area contributed by atoms with Crippen molar-refractivity contribution in [3.63, 3.8) is 0 Å². The van der Waals surface area contributed by atoms with Gasteiger partial charge in [0.05, 0.1) is 13.7 Å². The van der Waals surface area contributed by atoms with E-state index in [0.29, 0.717) is 11.8 Å². The van der Waals surface area contributed by atoms with Gasteiger partial charge in [-0.1, -0.05) is 0 Å². The van der Waals surface area contributed by atoms with E-state index in [1.165, 1.54) is 32.4 Å². The summed E-state index contributed by atoms with van der Waals surface area (Å²) in [4.78, 5) is 10.8. The molecule has 2 unspecified atom stereocenters. The summed E-state index contributed by atoms with van der Waals surface area (Å²) in [6.07, 6.45) is -5.00. The molecule has 8 nitrogen and oxygen atoms in total. The molecule has 1 fully saturated rings. The normalized spacial score (nSPS) is 30.7. The fourth-order valence-corrected chi connectivity index (χ4v) is 2.42. The van der Waals surface area contributed by atoms with Crippen LogP contribution >= 0.6 is 0 Å². The molecule has 1 saturated heterocycles. The number of aliphatic hydroxyl groups excluding tert-OH is 3. The van der Waals surface area contributed by atoms with Crippen LogP contribution in [0.2, 0.25) is 0 Å². The lowest BCUT2D eigenvalue weighted by molar-refractivity contribution is -0.282. The summed E-state index contributed by atoms with van der Waals surface area (Å²) in [5, 5.41) is 29.5. The molecule has 0 amide bonds. The Morgan fingerprint density at radius 3 is 2.52 bits per heavy atom. The number of aldehydes is 1. The zero-order valence-corrected chi connectivity index (χ0v) is 12.8. The Morgan fingerprint density at radius 1 is 1.22 bits per heavy atom. The topological polar surface area (TPSA) is 115 Å². The first-order chi connectivity index (χ1) is 11.0. The van der Waals surface area contributed by atoms with Crippen LogP contribution < -0.4 is 9.47 Å². The van der Waals surface area contributed by atoms with Gasteiger partial charge >= 0.3 is 0 Å². The third-order valence-electron chi connectivity index (χ3n) is 3.66. The molecule has 1 aromatic carbocycles. The third-order valence-corrected chi connectivity index (χ3v) is 3.66. The minimum atomic E-state index is -1.39. The third kappa shape index (κ3) is 3.62. The van der Waals surface area contributed by atoms with Crippen molar-refractivity contribution in [2.24, 2.45) is 0 Å². The van der Waals surface area contributed by atoms with Gasteiger partial charge in [-0.05, 0) is 18.2 Å². The van der Waals surface area contributed by atoms with E-state index in [0.717, 1.165) is 0 Å². The molecule has 23 heavy (non-hydrogen) atoms. The molecular formula is C15H20O8. The molecule has 0 aromatic heterocycles. The fraction of sp³-hybridized carbons (Fsp3) is 0.533. The van der Waals surface area contributed by atoms with Crippen LogP contribution in [-0.4, -0.2) is 73.1 Å². The standard InChI is InChI=1S/C15H20O8/c1-20-10-5-8(6-16)3-4-9(10)22-15-13(19)12(18)14(21-2)11(7-17)23-15/h3-6,11-15,17-19H,7H2,1-2H3/t11?,12-,13?,14-,15-/m1/s1. The molecule has 1 aliphatic heterocycles. The average Bonchev–Trinajstić information content (AvgIpc) is 2.58. The number of aliphatic hydroxyl groups is 3. The molecule has 1 heterocycles. The van der Waals surface area contributed by atoms with Crippen LogP contribution in [0.15, 0.2) is 18.2 Å². The molecule has 0 radical (unpaired) electrons.